The molecular formula is C40H49N5O9S. The normalized spacial score (nSPS) is 32.5. The number of benzene rings is 1. The van der Waals surface area contributed by atoms with Gasteiger partial charge in [-0.25, -0.2) is 18.2 Å². The number of aromatic nitrogens is 1. The van der Waals surface area contributed by atoms with E-state index < -0.39 is 74.3 Å². The van der Waals surface area contributed by atoms with Gasteiger partial charge in [-0.3, -0.25) is 19.1 Å². The third-order valence-electron chi connectivity index (χ3n) is 12.6. The van der Waals surface area contributed by atoms with Gasteiger partial charge in [0, 0.05) is 23.6 Å². The minimum atomic E-state index is -3.91. The van der Waals surface area contributed by atoms with E-state index in [0.29, 0.717) is 55.0 Å². The first-order valence-electron chi connectivity index (χ1n) is 19.5. The number of amides is 4. The maximum Gasteiger partial charge on any atom is 0.408 e. The molecule has 0 unspecified atom stereocenters. The van der Waals surface area contributed by atoms with Gasteiger partial charge < -0.3 is 30.1 Å². The van der Waals surface area contributed by atoms with Crippen LogP contribution in [0.15, 0.2) is 49.1 Å². The Morgan fingerprint density at radius 2 is 1.85 bits per heavy atom. The molecule has 55 heavy (non-hydrogen) atoms. The molecule has 7 atom stereocenters. The fourth-order valence-corrected chi connectivity index (χ4v) is 10.2. The Morgan fingerprint density at radius 1 is 1.09 bits per heavy atom. The van der Waals surface area contributed by atoms with Crippen LogP contribution < -0.4 is 20.1 Å². The first-order valence-corrected chi connectivity index (χ1v) is 21.1. The molecule has 5 fully saturated rings. The first kappa shape index (κ1) is 37.3. The molecular weight excluding hydrogens is 727 g/mol. The third-order valence-corrected chi connectivity index (χ3v) is 14.4. The Hall–Kier alpha value is -4.66. The quantitative estimate of drug-likeness (QED) is 0.300. The molecule has 2 aromatic rings. The Kier molecular flexibility index (Phi) is 9.57. The Morgan fingerprint density at radius 3 is 2.58 bits per heavy atom. The molecule has 2 bridgehead atoms. The highest BCUT2D eigenvalue weighted by molar-refractivity contribution is 7.91. The molecule has 1 aromatic carbocycles. The van der Waals surface area contributed by atoms with E-state index in [1.54, 1.807) is 12.1 Å². The molecule has 1 saturated heterocycles. The van der Waals surface area contributed by atoms with Gasteiger partial charge >= 0.3 is 6.09 Å². The van der Waals surface area contributed by atoms with Crippen LogP contribution in [0.25, 0.3) is 10.9 Å². The third kappa shape index (κ3) is 7.27. The molecule has 4 saturated carbocycles. The van der Waals surface area contributed by atoms with Crippen molar-refractivity contribution in [3.05, 3.63) is 54.6 Å². The number of pyridine rings is 1. The number of carbonyl (C=O) groups excluding carboxylic acids is 4. The number of ether oxygens (including phenoxy) is 2. The van der Waals surface area contributed by atoms with Crippen LogP contribution >= 0.6 is 0 Å². The van der Waals surface area contributed by atoms with Crippen LogP contribution in [0.2, 0.25) is 0 Å². The number of alkyl carbamates (subject to hydrolysis) is 1. The number of allylic oxidation sites excluding steroid dienone is 2. The number of sulfonamides is 1. The minimum Gasteiger partial charge on any atom is -0.507 e. The summed E-state index contributed by atoms with van der Waals surface area (Å²) < 4.78 is 40.2. The van der Waals surface area contributed by atoms with E-state index in [4.69, 9.17) is 14.5 Å². The lowest BCUT2D eigenvalue weighted by atomic mass is 9.96. The van der Waals surface area contributed by atoms with Crippen LogP contribution in [-0.2, 0) is 35.6 Å². The lowest BCUT2D eigenvalue weighted by molar-refractivity contribution is -0.142. The van der Waals surface area contributed by atoms with Gasteiger partial charge in [-0.15, -0.1) is 6.58 Å². The Balaban J connectivity index is 1.14. The molecule has 4 amide bonds. The molecule has 0 radical (unpaired) electrons. The van der Waals surface area contributed by atoms with Gasteiger partial charge in [0.25, 0.3) is 5.91 Å². The first-order chi connectivity index (χ1) is 26.3. The van der Waals surface area contributed by atoms with E-state index in [1.165, 1.54) is 11.0 Å². The van der Waals surface area contributed by atoms with Gasteiger partial charge in [-0.2, -0.15) is 0 Å². The second-order valence-corrected chi connectivity index (χ2v) is 18.4. The number of carbonyl (C=O) groups is 4. The van der Waals surface area contributed by atoms with Crippen molar-refractivity contribution in [1.29, 1.82) is 0 Å². The summed E-state index contributed by atoms with van der Waals surface area (Å²) in [6.07, 6.45) is 10.8. The number of para-hydroxylation sites is 1. The van der Waals surface area contributed by atoms with E-state index in [-0.39, 0.29) is 42.9 Å². The summed E-state index contributed by atoms with van der Waals surface area (Å²) in [6, 6.07) is 5.04. The van der Waals surface area contributed by atoms with Crippen molar-refractivity contribution in [3.63, 3.8) is 0 Å². The SMILES string of the molecule is C=C[C@@H]1C[C@]1(NC(=O)[C@@H]1C[C@@H]2CN1C(=O)[C@H](C1CCCC1)NC(=O)O[C@]1(C)C[C@H]1CCC=CCc1c(nc3ccccc3c1O)O2)C(=O)NS(=O)(=O)C1CC1. The Bertz CT molecular complexity index is 2060. The monoisotopic (exact) mass is 775 g/mol. The average molecular weight is 776 g/mol. The van der Waals surface area contributed by atoms with Crippen molar-refractivity contribution in [2.24, 2.45) is 17.8 Å². The number of nitrogens with zero attached hydrogens (tertiary/aromatic N) is 2. The predicted molar refractivity (Wildman–Crippen MR) is 201 cm³/mol. The minimum absolute atomic E-state index is 0.000529. The van der Waals surface area contributed by atoms with Crippen LogP contribution in [0.5, 0.6) is 11.6 Å². The zero-order chi connectivity index (χ0) is 38.7. The molecule has 0 spiro atoms. The fraction of sp³-hybridized carbons (Fsp3) is 0.575. The molecule has 3 heterocycles. The number of rotatable bonds is 7. The number of nitrogens with one attached hydrogen (secondary N) is 3. The number of hydrogen-bond donors (Lipinski definition) is 4. The van der Waals surface area contributed by atoms with Gasteiger partial charge in [0.2, 0.25) is 27.7 Å². The van der Waals surface area contributed by atoms with Crippen molar-refractivity contribution in [3.8, 4) is 11.6 Å². The second kappa shape index (κ2) is 14.1. The topological polar surface area (TPSA) is 193 Å². The summed E-state index contributed by atoms with van der Waals surface area (Å²) in [5, 5.41) is 17.1. The molecule has 2 aliphatic heterocycles. The number of aromatic hydroxyl groups is 1. The fourth-order valence-electron chi connectivity index (χ4n) is 8.84. The van der Waals surface area contributed by atoms with Crippen molar-refractivity contribution in [1.82, 2.24) is 25.2 Å². The number of fused-ring (bicyclic) bond motifs is 5. The van der Waals surface area contributed by atoms with E-state index in [9.17, 15) is 32.7 Å². The van der Waals surface area contributed by atoms with Gasteiger partial charge in [-0.1, -0.05) is 43.2 Å². The van der Waals surface area contributed by atoms with E-state index >= 15 is 0 Å². The average Bonchev–Trinajstić information content (AvgIpc) is 4.11. The summed E-state index contributed by atoms with van der Waals surface area (Å²) >= 11 is 0. The van der Waals surface area contributed by atoms with Crippen molar-refractivity contribution in [2.75, 3.05) is 6.54 Å². The predicted octanol–water partition coefficient (Wildman–Crippen LogP) is 3.91. The zero-order valence-electron chi connectivity index (χ0n) is 31.0. The Labute approximate surface area is 320 Å². The highest BCUT2D eigenvalue weighted by atomic mass is 32.2. The smallest absolute Gasteiger partial charge is 0.408 e. The van der Waals surface area contributed by atoms with Crippen LogP contribution in [0.4, 0.5) is 4.79 Å². The summed E-state index contributed by atoms with van der Waals surface area (Å²) in [5.41, 5.74) is -1.24. The molecule has 14 nitrogen and oxygen atoms in total. The molecule has 294 valence electrons. The highest BCUT2D eigenvalue weighted by Crippen LogP contribution is 2.50. The van der Waals surface area contributed by atoms with E-state index in [1.807, 2.05) is 31.2 Å². The lowest BCUT2D eigenvalue weighted by Crippen LogP contribution is -2.59. The van der Waals surface area contributed by atoms with Gasteiger partial charge in [0.05, 0.1) is 22.9 Å². The van der Waals surface area contributed by atoms with Crippen LogP contribution in [0.1, 0.15) is 83.1 Å². The summed E-state index contributed by atoms with van der Waals surface area (Å²) in [4.78, 5) is 62.4. The summed E-state index contributed by atoms with van der Waals surface area (Å²) in [5.74, 6) is -2.33. The van der Waals surface area contributed by atoms with Crippen LogP contribution in [0, 0.1) is 17.8 Å². The van der Waals surface area contributed by atoms with Gasteiger partial charge in [-0.05, 0) is 82.8 Å². The summed E-state index contributed by atoms with van der Waals surface area (Å²) in [6.45, 7) is 5.64. The van der Waals surface area contributed by atoms with E-state index in [0.717, 1.165) is 25.7 Å². The van der Waals surface area contributed by atoms with E-state index in [2.05, 4.69) is 21.9 Å². The maximum atomic E-state index is 14.8. The second-order valence-electron chi connectivity index (χ2n) is 16.4. The van der Waals surface area contributed by atoms with Gasteiger partial charge in [0.1, 0.15) is 35.1 Å². The molecule has 8 rings (SSSR count). The largest absolute Gasteiger partial charge is 0.507 e. The standard InChI is InChI=1S/C40H49N5O9S/c1-3-24-21-40(24,37(49)44-55(51,52)27-17-18-27)43-34(47)31-19-26-22-45(31)36(48)32(23-11-7-8-12-23)42-38(50)54-39(2)20-25(39)13-5-4-6-15-29-33(46)28-14-9-10-16-30(28)41-35(29)53-26/h3-4,6,9-10,14,16,23-27,31-32H,1,5,7-8,11-13,15,17-22H2,2H3,(H,41,46)(H,42,50)(H,43,47)(H,44,49)/t24-,25-,26-,31+,32+,39-,40-/m1/s1. The maximum absolute atomic E-state index is 14.8. The lowest BCUT2D eigenvalue weighted by Gasteiger charge is -2.32. The van der Waals surface area contributed by atoms with Crippen LogP contribution in [-0.4, -0.2) is 88.3 Å². The van der Waals surface area contributed by atoms with Gasteiger partial charge in [0.15, 0.2) is 0 Å². The van der Waals surface area contributed by atoms with Crippen LogP contribution in [0.3, 0.4) is 0 Å². The van der Waals surface area contributed by atoms with Crippen molar-refractivity contribution < 1.29 is 42.2 Å². The summed E-state index contributed by atoms with van der Waals surface area (Å²) in [7, 11) is -3.91. The number of hydrogen-bond acceptors (Lipinski definition) is 10. The van der Waals surface area contributed by atoms with Crippen molar-refractivity contribution in [2.45, 2.75) is 119 Å². The molecule has 1 aromatic heterocycles. The zero-order valence-corrected chi connectivity index (χ0v) is 31.8. The highest BCUT2D eigenvalue weighted by Gasteiger charge is 2.62. The molecule has 4 aliphatic carbocycles. The molecule has 15 heteroatoms. The molecule has 6 aliphatic rings. The molecule has 4 N–H and O–H groups in total. The van der Waals surface area contributed by atoms with Crippen molar-refractivity contribution >= 4 is 44.7 Å².